The summed E-state index contributed by atoms with van der Waals surface area (Å²) < 4.78 is 0.843. The van der Waals surface area contributed by atoms with Crippen molar-refractivity contribution < 1.29 is 4.79 Å². The van der Waals surface area contributed by atoms with E-state index < -0.39 is 0 Å². The summed E-state index contributed by atoms with van der Waals surface area (Å²) in [7, 11) is 0. The maximum atomic E-state index is 12.4. The molecule has 3 nitrogen and oxygen atoms in total. The molecule has 2 rings (SSSR count). The molecule has 0 aliphatic heterocycles. The fraction of sp³-hybridized carbons (Fsp3) is 0.500. The Kier molecular flexibility index (Phi) is 4.56. The predicted octanol–water partition coefficient (Wildman–Crippen LogP) is 3.23. The summed E-state index contributed by atoms with van der Waals surface area (Å²) in [5, 5.41) is 0.816. The number of carbonyl (C=O) groups is 1. The molecule has 1 heterocycles. The lowest BCUT2D eigenvalue weighted by molar-refractivity contribution is 0.0599. The molecule has 0 spiro atoms. The summed E-state index contributed by atoms with van der Waals surface area (Å²) in [6.07, 6.45) is 6.80. The predicted molar refractivity (Wildman–Crippen MR) is 74.4 cm³/mol. The summed E-state index contributed by atoms with van der Waals surface area (Å²) in [5.41, 5.74) is 0.659. The molecule has 92 valence electrons. The van der Waals surface area contributed by atoms with E-state index in [1.807, 2.05) is 11.0 Å². The molecule has 5 heteroatoms. The number of aromatic nitrogens is 1. The topological polar surface area (TPSA) is 33.2 Å². The molecule has 0 bridgehead atoms. The van der Waals surface area contributed by atoms with Crippen LogP contribution in [0.1, 0.15) is 29.6 Å². The highest BCUT2D eigenvalue weighted by Crippen LogP contribution is 2.26. The third-order valence-corrected chi connectivity index (χ3v) is 3.84. The first-order valence-corrected chi connectivity index (χ1v) is 7.61. The van der Waals surface area contributed by atoms with E-state index in [1.165, 1.54) is 6.42 Å². The number of halogens is 2. The highest BCUT2D eigenvalue weighted by molar-refractivity contribution is 9.10. The van der Waals surface area contributed by atoms with Gasteiger partial charge in [0.1, 0.15) is 0 Å². The first-order chi connectivity index (χ1) is 8.22. The van der Waals surface area contributed by atoms with Crippen LogP contribution in [0.25, 0.3) is 0 Å². The van der Waals surface area contributed by atoms with Gasteiger partial charge in [-0.1, -0.05) is 15.9 Å². The van der Waals surface area contributed by atoms with Gasteiger partial charge in [0.05, 0.1) is 5.56 Å². The number of hydrogen-bond donors (Lipinski definition) is 0. The van der Waals surface area contributed by atoms with Crippen LogP contribution in [-0.2, 0) is 0 Å². The smallest absolute Gasteiger partial charge is 0.255 e. The third kappa shape index (κ3) is 3.07. The zero-order valence-electron chi connectivity index (χ0n) is 9.40. The molecule has 1 aliphatic rings. The molecule has 0 radical (unpaired) electrons. The van der Waals surface area contributed by atoms with Gasteiger partial charge in [0.25, 0.3) is 5.91 Å². The second kappa shape index (κ2) is 5.96. The first kappa shape index (κ1) is 13.0. The number of carbonyl (C=O) groups excluding carboxylic acids is 1. The van der Waals surface area contributed by atoms with E-state index in [9.17, 15) is 4.79 Å². The fourth-order valence-electron chi connectivity index (χ4n) is 1.93. The van der Waals surface area contributed by atoms with Crippen molar-refractivity contribution in [1.82, 2.24) is 9.88 Å². The normalized spacial score (nSPS) is 15.4. The van der Waals surface area contributed by atoms with Gasteiger partial charge in [0.15, 0.2) is 0 Å². The number of nitrogens with zero attached hydrogens (tertiary/aromatic N) is 2. The molecule has 0 atom stereocenters. The van der Waals surface area contributed by atoms with E-state index in [0.29, 0.717) is 11.6 Å². The van der Waals surface area contributed by atoms with Gasteiger partial charge in [-0.15, -0.1) is 0 Å². The number of hydrogen-bond acceptors (Lipinski definition) is 2. The van der Waals surface area contributed by atoms with Crippen molar-refractivity contribution in [2.24, 2.45) is 0 Å². The van der Waals surface area contributed by atoms with E-state index in [4.69, 9.17) is 0 Å². The average Bonchev–Trinajstić information content (AvgIpc) is 2.25. The lowest BCUT2D eigenvalue weighted by Crippen LogP contribution is -2.45. The molecule has 1 saturated carbocycles. The summed E-state index contributed by atoms with van der Waals surface area (Å²) in [6.45, 7) is 0.760. The van der Waals surface area contributed by atoms with Gasteiger partial charge < -0.3 is 4.90 Å². The maximum absolute atomic E-state index is 12.4. The minimum atomic E-state index is 0.0861. The Labute approximate surface area is 118 Å². The molecule has 0 unspecified atom stereocenters. The Morgan fingerprint density at radius 2 is 2.24 bits per heavy atom. The second-order valence-corrected chi connectivity index (χ2v) is 5.87. The lowest BCUT2D eigenvalue weighted by atomic mass is 9.91. The van der Waals surface area contributed by atoms with Crippen molar-refractivity contribution in [2.75, 3.05) is 11.9 Å². The van der Waals surface area contributed by atoms with Crippen LogP contribution in [0, 0.1) is 0 Å². The van der Waals surface area contributed by atoms with Crippen LogP contribution in [0.15, 0.2) is 22.9 Å². The van der Waals surface area contributed by atoms with Crippen molar-refractivity contribution >= 4 is 37.8 Å². The molecule has 1 aliphatic carbocycles. The van der Waals surface area contributed by atoms with Crippen molar-refractivity contribution in [3.63, 3.8) is 0 Å². The lowest BCUT2D eigenvalue weighted by Gasteiger charge is -2.37. The zero-order chi connectivity index (χ0) is 12.3. The summed E-state index contributed by atoms with van der Waals surface area (Å²) in [6, 6.07) is 2.24. The monoisotopic (exact) mass is 360 g/mol. The van der Waals surface area contributed by atoms with Crippen LogP contribution in [0.3, 0.4) is 0 Å². The molecule has 0 N–H and O–H groups in total. The zero-order valence-corrected chi connectivity index (χ0v) is 12.6. The molecule has 1 amide bonds. The Bertz CT molecular complexity index is 407. The van der Waals surface area contributed by atoms with E-state index in [2.05, 4.69) is 36.8 Å². The Hall–Kier alpha value is -0.420. The van der Waals surface area contributed by atoms with Crippen molar-refractivity contribution in [1.29, 1.82) is 0 Å². The van der Waals surface area contributed by atoms with Gasteiger partial charge in [-0.3, -0.25) is 9.78 Å². The summed E-state index contributed by atoms with van der Waals surface area (Å²) in [5.74, 6) is 0.0861. The van der Waals surface area contributed by atoms with Crippen LogP contribution >= 0.6 is 31.9 Å². The van der Waals surface area contributed by atoms with Crippen LogP contribution in [0.4, 0.5) is 0 Å². The van der Waals surface area contributed by atoms with Gasteiger partial charge in [-0.05, 0) is 41.3 Å². The minimum absolute atomic E-state index is 0.0861. The molecule has 1 aromatic rings. The number of pyridine rings is 1. The summed E-state index contributed by atoms with van der Waals surface area (Å²) >= 11 is 6.75. The second-order valence-electron chi connectivity index (χ2n) is 4.16. The first-order valence-electron chi connectivity index (χ1n) is 5.70. The summed E-state index contributed by atoms with van der Waals surface area (Å²) in [4.78, 5) is 18.4. The molecule has 0 saturated heterocycles. The van der Waals surface area contributed by atoms with Gasteiger partial charge in [-0.2, -0.15) is 0 Å². The number of amides is 1. The molecular formula is C12H14Br2N2O. The highest BCUT2D eigenvalue weighted by Gasteiger charge is 2.28. The SMILES string of the molecule is O=C(c1cncc(Br)c1)N(CCBr)C1CCC1. The standard InChI is InChI=1S/C12H14Br2N2O/c13-4-5-16(11-2-1-3-11)12(17)9-6-10(14)8-15-7-9/h6-8,11H,1-5H2. The van der Waals surface area contributed by atoms with Gasteiger partial charge >= 0.3 is 0 Å². The quantitative estimate of drug-likeness (QED) is 0.771. The van der Waals surface area contributed by atoms with Gasteiger partial charge in [0, 0.05) is 34.8 Å². The highest BCUT2D eigenvalue weighted by atomic mass is 79.9. The van der Waals surface area contributed by atoms with Crippen LogP contribution in [0.2, 0.25) is 0 Å². The van der Waals surface area contributed by atoms with Crippen molar-refractivity contribution in [3.05, 3.63) is 28.5 Å². The largest absolute Gasteiger partial charge is 0.335 e. The molecule has 0 aromatic carbocycles. The average molecular weight is 362 g/mol. The fourth-order valence-corrected chi connectivity index (χ4v) is 2.68. The number of rotatable bonds is 4. The Balaban J connectivity index is 2.15. The van der Waals surface area contributed by atoms with Gasteiger partial charge in [0.2, 0.25) is 0 Å². The van der Waals surface area contributed by atoms with Crippen LogP contribution in [-0.4, -0.2) is 33.7 Å². The van der Waals surface area contributed by atoms with E-state index >= 15 is 0 Å². The third-order valence-electron chi connectivity index (χ3n) is 3.05. The van der Waals surface area contributed by atoms with Crippen molar-refractivity contribution in [2.45, 2.75) is 25.3 Å². The van der Waals surface area contributed by atoms with E-state index in [1.54, 1.807) is 12.4 Å². The molecular weight excluding hydrogens is 348 g/mol. The Morgan fingerprint density at radius 3 is 2.76 bits per heavy atom. The molecule has 17 heavy (non-hydrogen) atoms. The van der Waals surface area contributed by atoms with Gasteiger partial charge in [-0.25, -0.2) is 0 Å². The molecule has 1 aromatic heterocycles. The molecule has 1 fully saturated rings. The number of alkyl halides is 1. The van der Waals surface area contributed by atoms with Crippen LogP contribution < -0.4 is 0 Å². The maximum Gasteiger partial charge on any atom is 0.255 e. The minimum Gasteiger partial charge on any atom is -0.335 e. The van der Waals surface area contributed by atoms with Crippen LogP contribution in [0.5, 0.6) is 0 Å². The van der Waals surface area contributed by atoms with Crippen molar-refractivity contribution in [3.8, 4) is 0 Å². The van der Waals surface area contributed by atoms with E-state index in [0.717, 1.165) is 29.2 Å². The Morgan fingerprint density at radius 1 is 1.47 bits per heavy atom. The van der Waals surface area contributed by atoms with E-state index in [-0.39, 0.29) is 5.91 Å².